The van der Waals surface area contributed by atoms with Gasteiger partial charge in [0.1, 0.15) is 11.5 Å². The van der Waals surface area contributed by atoms with Crippen molar-refractivity contribution < 1.29 is 19.1 Å². The smallest absolute Gasteiger partial charge is 0.254 e. The van der Waals surface area contributed by atoms with Crippen LogP contribution >= 0.6 is 0 Å². The molecule has 6 rings (SSSR count). The van der Waals surface area contributed by atoms with Gasteiger partial charge in [-0.25, -0.2) is 0 Å². The van der Waals surface area contributed by atoms with Crippen molar-refractivity contribution in [1.82, 2.24) is 9.80 Å². The molecule has 0 radical (unpaired) electrons. The molecule has 0 saturated carbocycles. The van der Waals surface area contributed by atoms with Crippen molar-refractivity contribution >= 4 is 11.8 Å². The predicted molar refractivity (Wildman–Crippen MR) is 207 cm³/mol. The Morgan fingerprint density at radius 2 is 0.750 bits per heavy atom. The van der Waals surface area contributed by atoms with Gasteiger partial charge in [-0.15, -0.1) is 0 Å². The first-order chi connectivity index (χ1) is 25.6. The standard InChI is InChI=1S/C46H44N2O4/c49-45(41-23-13-25-43(33-41)51-31-27-37-15-5-1-6-16-37)47(35-39-19-9-3-10-20-39)29-30-48(36-40-21-11-4-12-22-40)46(50)42-24-14-26-44(34-42)52-32-28-38-17-7-2-8-18-38/h1-26,33-34H,27-32,35-36H2. The fourth-order valence-corrected chi connectivity index (χ4v) is 6.02. The highest BCUT2D eigenvalue weighted by atomic mass is 16.5. The molecule has 0 heterocycles. The second-order valence-electron chi connectivity index (χ2n) is 12.6. The first kappa shape index (κ1) is 35.7. The maximum absolute atomic E-state index is 14.2. The molecule has 0 bridgehead atoms. The van der Waals surface area contributed by atoms with Crippen LogP contribution < -0.4 is 9.47 Å². The lowest BCUT2D eigenvalue weighted by Crippen LogP contribution is -2.40. The van der Waals surface area contributed by atoms with Gasteiger partial charge in [0.25, 0.3) is 11.8 Å². The maximum atomic E-state index is 14.2. The normalized spacial score (nSPS) is 10.7. The van der Waals surface area contributed by atoms with Crippen molar-refractivity contribution in [3.63, 3.8) is 0 Å². The number of carbonyl (C=O) groups is 2. The lowest BCUT2D eigenvalue weighted by Gasteiger charge is -2.29. The molecule has 0 N–H and O–H groups in total. The van der Waals surface area contributed by atoms with Crippen LogP contribution in [0.3, 0.4) is 0 Å². The first-order valence-corrected chi connectivity index (χ1v) is 17.8. The van der Waals surface area contributed by atoms with Gasteiger partial charge in [0.05, 0.1) is 13.2 Å². The summed E-state index contributed by atoms with van der Waals surface area (Å²) in [6.07, 6.45) is 1.54. The third-order valence-electron chi connectivity index (χ3n) is 8.81. The molecule has 0 aliphatic carbocycles. The molecule has 262 valence electrons. The zero-order valence-electron chi connectivity index (χ0n) is 29.4. The molecule has 0 spiro atoms. The summed E-state index contributed by atoms with van der Waals surface area (Å²) >= 11 is 0. The Morgan fingerprint density at radius 3 is 1.12 bits per heavy atom. The third kappa shape index (κ3) is 10.7. The molecule has 0 aliphatic heterocycles. The highest BCUT2D eigenvalue weighted by Gasteiger charge is 2.22. The Kier molecular flexibility index (Phi) is 12.9. The second kappa shape index (κ2) is 18.7. The molecule has 0 aliphatic rings. The molecule has 6 nitrogen and oxygen atoms in total. The number of hydrogen-bond acceptors (Lipinski definition) is 4. The maximum Gasteiger partial charge on any atom is 0.254 e. The molecular formula is C46H44N2O4. The second-order valence-corrected chi connectivity index (χ2v) is 12.6. The molecule has 0 saturated heterocycles. The van der Waals surface area contributed by atoms with Gasteiger partial charge in [-0.2, -0.15) is 0 Å². The molecule has 0 unspecified atom stereocenters. The van der Waals surface area contributed by atoms with Gasteiger partial charge in [-0.05, 0) is 58.7 Å². The van der Waals surface area contributed by atoms with Gasteiger partial charge in [-0.3, -0.25) is 9.59 Å². The lowest BCUT2D eigenvalue weighted by molar-refractivity contribution is 0.0644. The van der Waals surface area contributed by atoms with Crippen LogP contribution in [0.25, 0.3) is 0 Å². The summed E-state index contributed by atoms with van der Waals surface area (Å²) < 4.78 is 12.1. The fourth-order valence-electron chi connectivity index (χ4n) is 6.02. The molecule has 0 fully saturated rings. The zero-order valence-corrected chi connectivity index (χ0v) is 29.4. The molecule has 0 aromatic heterocycles. The Hall–Kier alpha value is -6.14. The van der Waals surface area contributed by atoms with Crippen LogP contribution in [0.4, 0.5) is 0 Å². The van der Waals surface area contributed by atoms with E-state index >= 15 is 0 Å². The highest BCUT2D eigenvalue weighted by molar-refractivity contribution is 5.95. The number of carbonyl (C=O) groups excluding carboxylic acids is 2. The van der Waals surface area contributed by atoms with E-state index in [1.165, 1.54) is 11.1 Å². The van der Waals surface area contributed by atoms with Crippen LogP contribution in [0, 0.1) is 0 Å². The molecule has 6 heteroatoms. The van der Waals surface area contributed by atoms with E-state index < -0.39 is 0 Å². The first-order valence-electron chi connectivity index (χ1n) is 17.8. The number of nitrogens with zero attached hydrogens (tertiary/aromatic N) is 2. The van der Waals surface area contributed by atoms with Gasteiger partial charge < -0.3 is 19.3 Å². The van der Waals surface area contributed by atoms with Crippen molar-refractivity contribution in [2.24, 2.45) is 0 Å². The van der Waals surface area contributed by atoms with Crippen LogP contribution in [-0.2, 0) is 25.9 Å². The van der Waals surface area contributed by atoms with E-state index in [-0.39, 0.29) is 11.8 Å². The van der Waals surface area contributed by atoms with Crippen LogP contribution in [0.1, 0.15) is 43.0 Å². The van der Waals surface area contributed by atoms with Crippen molar-refractivity contribution in [2.75, 3.05) is 26.3 Å². The van der Waals surface area contributed by atoms with Gasteiger partial charge in [-0.1, -0.05) is 133 Å². The number of amides is 2. The van der Waals surface area contributed by atoms with Crippen molar-refractivity contribution in [3.05, 3.63) is 203 Å². The van der Waals surface area contributed by atoms with E-state index in [0.717, 1.165) is 24.0 Å². The van der Waals surface area contributed by atoms with Gasteiger partial charge in [0, 0.05) is 50.1 Å². The van der Waals surface area contributed by atoms with Crippen molar-refractivity contribution in [1.29, 1.82) is 0 Å². The van der Waals surface area contributed by atoms with Gasteiger partial charge in [0.15, 0.2) is 0 Å². The summed E-state index contributed by atoms with van der Waals surface area (Å²) in [5, 5.41) is 0. The van der Waals surface area contributed by atoms with Crippen LogP contribution in [-0.4, -0.2) is 47.9 Å². The average Bonchev–Trinajstić information content (AvgIpc) is 3.20. The van der Waals surface area contributed by atoms with E-state index in [9.17, 15) is 9.59 Å². The van der Waals surface area contributed by atoms with E-state index in [1.54, 1.807) is 0 Å². The minimum atomic E-state index is -0.127. The largest absolute Gasteiger partial charge is 0.493 e. The summed E-state index contributed by atoms with van der Waals surface area (Å²) in [6, 6.07) is 55.0. The van der Waals surface area contributed by atoms with Crippen LogP contribution in [0.5, 0.6) is 11.5 Å². The Morgan fingerprint density at radius 1 is 0.404 bits per heavy atom. The zero-order chi connectivity index (χ0) is 35.8. The monoisotopic (exact) mass is 688 g/mol. The summed E-state index contributed by atoms with van der Waals surface area (Å²) in [7, 11) is 0. The molecule has 6 aromatic carbocycles. The third-order valence-corrected chi connectivity index (χ3v) is 8.81. The van der Waals surface area contributed by atoms with Gasteiger partial charge >= 0.3 is 0 Å². The lowest BCUT2D eigenvalue weighted by atomic mass is 10.1. The van der Waals surface area contributed by atoms with E-state index in [1.807, 2.05) is 155 Å². The highest BCUT2D eigenvalue weighted by Crippen LogP contribution is 2.20. The van der Waals surface area contributed by atoms with Crippen molar-refractivity contribution in [2.45, 2.75) is 25.9 Å². The summed E-state index contributed by atoms with van der Waals surface area (Å²) in [4.78, 5) is 32.0. The van der Waals surface area contributed by atoms with E-state index in [2.05, 4.69) is 24.3 Å². The molecule has 52 heavy (non-hydrogen) atoms. The summed E-state index contributed by atoms with van der Waals surface area (Å²) in [5.41, 5.74) is 5.48. The summed E-state index contributed by atoms with van der Waals surface area (Å²) in [6.45, 7) is 2.47. The molecule has 6 aromatic rings. The Labute approximate surface area is 306 Å². The van der Waals surface area contributed by atoms with Gasteiger partial charge in [0.2, 0.25) is 0 Å². The summed E-state index contributed by atoms with van der Waals surface area (Å²) in [5.74, 6) is 1.04. The average molecular weight is 689 g/mol. The van der Waals surface area contributed by atoms with E-state index in [0.29, 0.717) is 62.0 Å². The SMILES string of the molecule is O=C(c1cccc(OCCc2ccccc2)c1)N(CCN(Cc1ccccc1)C(=O)c1cccc(OCCc2ccccc2)c1)Cc1ccccc1. The van der Waals surface area contributed by atoms with E-state index in [4.69, 9.17) is 9.47 Å². The number of rotatable bonds is 17. The fraction of sp³-hybridized carbons (Fsp3) is 0.174. The molecule has 2 amide bonds. The Balaban J connectivity index is 1.17. The molecule has 0 atom stereocenters. The topological polar surface area (TPSA) is 59.1 Å². The van der Waals surface area contributed by atoms with Crippen LogP contribution in [0.2, 0.25) is 0 Å². The minimum Gasteiger partial charge on any atom is -0.493 e. The minimum absolute atomic E-state index is 0.127. The quantitative estimate of drug-likeness (QED) is 0.0961. The molecular weight excluding hydrogens is 645 g/mol. The predicted octanol–water partition coefficient (Wildman–Crippen LogP) is 8.91. The van der Waals surface area contributed by atoms with Crippen molar-refractivity contribution in [3.8, 4) is 11.5 Å². The number of ether oxygens (including phenoxy) is 2. The van der Waals surface area contributed by atoms with Crippen LogP contribution in [0.15, 0.2) is 170 Å². The number of benzene rings is 6. The number of hydrogen-bond donors (Lipinski definition) is 0. The Bertz CT molecular complexity index is 1840.